The van der Waals surface area contributed by atoms with E-state index in [9.17, 15) is 9.90 Å². The summed E-state index contributed by atoms with van der Waals surface area (Å²) >= 11 is 0.976. The molecule has 0 amide bonds. The molecule has 0 aromatic rings. The summed E-state index contributed by atoms with van der Waals surface area (Å²) in [6.07, 6.45) is 2.75. The topological polar surface area (TPSA) is 40.1 Å². The zero-order valence-electron chi connectivity index (χ0n) is 8.09. The minimum absolute atomic E-state index is 0.620. The Morgan fingerprint density at radius 2 is 2.08 bits per heavy atom. The van der Waals surface area contributed by atoms with E-state index in [4.69, 9.17) is 0 Å². The number of hydrogen-bond donors (Lipinski definition) is 0. The van der Waals surface area contributed by atoms with Gasteiger partial charge in [-0.3, -0.25) is 0 Å². The second-order valence-electron chi connectivity index (χ2n) is 3.14. The normalized spacial score (nSPS) is 15.6. The van der Waals surface area contributed by atoms with Crippen LogP contribution in [0.1, 0.15) is 40.0 Å². The van der Waals surface area contributed by atoms with E-state index in [0.717, 1.165) is 36.8 Å². The van der Waals surface area contributed by atoms with E-state index in [0.29, 0.717) is 0 Å². The molecule has 0 radical (unpaired) electrons. The third kappa shape index (κ3) is 3.48. The highest BCUT2D eigenvalue weighted by Gasteiger charge is 2.32. The van der Waals surface area contributed by atoms with Crippen molar-refractivity contribution < 1.29 is 9.90 Å². The lowest BCUT2D eigenvalue weighted by Gasteiger charge is -2.22. The molecule has 2 nitrogen and oxygen atoms in total. The minimum Gasteiger partial charge on any atom is -0.544 e. The quantitative estimate of drug-likeness (QED) is 0.452. The molecule has 1 atom stereocenters. The van der Waals surface area contributed by atoms with Crippen LogP contribution in [-0.4, -0.2) is 16.5 Å². The van der Waals surface area contributed by atoms with Gasteiger partial charge >= 0.3 is 0 Å². The van der Waals surface area contributed by atoms with Crippen LogP contribution in [0, 0.1) is 0 Å². The van der Waals surface area contributed by atoms with E-state index in [1.807, 2.05) is 6.92 Å². The maximum absolute atomic E-state index is 10.8. The Bertz CT molecular complexity index is 147. The minimum atomic E-state index is -0.903. The smallest absolute Gasteiger partial charge is 0.162 e. The zero-order chi connectivity index (χ0) is 9.61. The molecule has 0 fully saturated rings. The van der Waals surface area contributed by atoms with Crippen LogP contribution in [0.3, 0.4) is 0 Å². The van der Waals surface area contributed by atoms with E-state index in [1.165, 1.54) is 0 Å². The molecule has 0 rings (SSSR count). The summed E-state index contributed by atoms with van der Waals surface area (Å²) < 4.78 is -0.620. The Balaban J connectivity index is 4.08. The Hall–Kier alpha value is -0.180. The Morgan fingerprint density at radius 3 is 2.42 bits per heavy atom. The molecule has 1 unspecified atom stereocenters. The van der Waals surface area contributed by atoms with Gasteiger partial charge in [-0.25, -0.2) is 0 Å². The SMILES string of the molecule is CCCCC(C)([SH+]CC)C(=O)[O-]. The second kappa shape index (κ2) is 5.46. The fourth-order valence-corrected chi connectivity index (χ4v) is 2.26. The summed E-state index contributed by atoms with van der Waals surface area (Å²) in [7, 11) is 0. The van der Waals surface area contributed by atoms with E-state index in [1.54, 1.807) is 6.92 Å². The van der Waals surface area contributed by atoms with Crippen molar-refractivity contribution in [2.45, 2.75) is 44.8 Å². The van der Waals surface area contributed by atoms with Crippen LogP contribution < -0.4 is 5.11 Å². The van der Waals surface area contributed by atoms with Crippen LogP contribution in [0.5, 0.6) is 0 Å². The van der Waals surface area contributed by atoms with Crippen LogP contribution >= 0.6 is 0 Å². The Labute approximate surface area is 78.7 Å². The van der Waals surface area contributed by atoms with Gasteiger partial charge < -0.3 is 9.90 Å². The molecule has 0 bridgehead atoms. The highest BCUT2D eigenvalue weighted by molar-refractivity contribution is 7.80. The number of carbonyl (C=O) groups is 1. The molecule has 0 aliphatic carbocycles. The molecular weight excluding hydrogens is 172 g/mol. The van der Waals surface area contributed by atoms with E-state index >= 15 is 0 Å². The fourth-order valence-electron chi connectivity index (χ4n) is 1.12. The molecule has 0 aromatic heterocycles. The molecule has 3 heteroatoms. The Morgan fingerprint density at radius 1 is 1.50 bits per heavy atom. The average molecular weight is 190 g/mol. The molecule has 12 heavy (non-hydrogen) atoms. The van der Waals surface area contributed by atoms with Crippen LogP contribution in [0.25, 0.3) is 0 Å². The van der Waals surface area contributed by atoms with Crippen molar-refractivity contribution in [1.29, 1.82) is 0 Å². The summed E-state index contributed by atoms with van der Waals surface area (Å²) in [6, 6.07) is 0. The van der Waals surface area contributed by atoms with Crippen molar-refractivity contribution in [3.8, 4) is 0 Å². The first-order valence-corrected chi connectivity index (χ1v) is 5.55. The number of carboxylic acid groups (broad SMARTS) is 1. The van der Waals surface area contributed by atoms with E-state index in [2.05, 4.69) is 6.92 Å². The molecule has 0 aliphatic rings. The first-order valence-electron chi connectivity index (χ1n) is 4.47. The van der Waals surface area contributed by atoms with Crippen molar-refractivity contribution in [1.82, 2.24) is 0 Å². The zero-order valence-corrected chi connectivity index (χ0v) is 8.99. The van der Waals surface area contributed by atoms with Gasteiger partial charge in [-0.05, 0) is 32.0 Å². The van der Waals surface area contributed by atoms with Crippen LogP contribution in [0.2, 0.25) is 0 Å². The van der Waals surface area contributed by atoms with Crippen LogP contribution in [0.4, 0.5) is 0 Å². The molecule has 0 N–H and O–H groups in total. The number of rotatable bonds is 6. The molecule has 0 heterocycles. The summed E-state index contributed by atoms with van der Waals surface area (Å²) in [5.74, 6) is -0.0201. The fraction of sp³-hybridized carbons (Fsp3) is 0.889. The van der Waals surface area contributed by atoms with E-state index < -0.39 is 10.7 Å². The summed E-state index contributed by atoms with van der Waals surface area (Å²) in [5.41, 5.74) is 0. The molecule has 0 aliphatic heterocycles. The van der Waals surface area contributed by atoms with Crippen molar-refractivity contribution in [3.05, 3.63) is 0 Å². The third-order valence-corrected chi connectivity index (χ3v) is 3.38. The largest absolute Gasteiger partial charge is 0.544 e. The summed E-state index contributed by atoms with van der Waals surface area (Å²) in [4.78, 5) is 10.8. The highest BCUT2D eigenvalue weighted by Crippen LogP contribution is 2.18. The summed E-state index contributed by atoms with van der Waals surface area (Å²) in [5, 5.41) is 10.8. The number of carboxylic acids is 1. The van der Waals surface area contributed by atoms with Gasteiger partial charge in [-0.15, -0.1) is 0 Å². The third-order valence-electron chi connectivity index (χ3n) is 1.96. The Kier molecular flexibility index (Phi) is 5.38. The van der Waals surface area contributed by atoms with E-state index in [-0.39, 0.29) is 0 Å². The van der Waals surface area contributed by atoms with Gasteiger partial charge in [0.15, 0.2) is 4.75 Å². The van der Waals surface area contributed by atoms with Crippen LogP contribution in [0.15, 0.2) is 0 Å². The van der Waals surface area contributed by atoms with Gasteiger partial charge in [0, 0.05) is 6.42 Å². The molecule has 0 aromatic carbocycles. The second-order valence-corrected chi connectivity index (χ2v) is 5.07. The van der Waals surface area contributed by atoms with Crippen molar-refractivity contribution in [2.24, 2.45) is 0 Å². The lowest BCUT2D eigenvalue weighted by molar-refractivity contribution is -0.308. The first kappa shape index (κ1) is 11.8. The number of unbranched alkanes of at least 4 members (excludes halogenated alkanes) is 1. The van der Waals surface area contributed by atoms with Gasteiger partial charge in [0.2, 0.25) is 0 Å². The first-order chi connectivity index (χ1) is 5.56. The standard InChI is InChI=1S/C9H18O2S/c1-4-6-7-9(3,8(10)11)12-5-2/h4-7H2,1-3H3,(H,10,11). The van der Waals surface area contributed by atoms with Gasteiger partial charge in [-0.2, -0.15) is 0 Å². The maximum atomic E-state index is 10.8. The predicted octanol–water partition coefficient (Wildman–Crippen LogP) is 0.520. The van der Waals surface area contributed by atoms with Gasteiger partial charge in [0.25, 0.3) is 0 Å². The monoisotopic (exact) mass is 190 g/mol. The number of hydrogen-bond acceptors (Lipinski definition) is 2. The predicted molar refractivity (Wildman–Crippen MR) is 52.2 cm³/mol. The van der Waals surface area contributed by atoms with Gasteiger partial charge in [-0.1, -0.05) is 13.3 Å². The van der Waals surface area contributed by atoms with Crippen molar-refractivity contribution in [2.75, 3.05) is 5.75 Å². The molecule has 0 saturated carbocycles. The van der Waals surface area contributed by atoms with Crippen LogP contribution in [-0.2, 0) is 16.6 Å². The molecule has 0 spiro atoms. The number of aliphatic carboxylic acids is 1. The molecule has 72 valence electrons. The van der Waals surface area contributed by atoms with Gasteiger partial charge in [0.1, 0.15) is 5.75 Å². The summed E-state index contributed by atoms with van der Waals surface area (Å²) in [6.45, 7) is 5.84. The van der Waals surface area contributed by atoms with Crippen molar-refractivity contribution >= 4 is 17.7 Å². The van der Waals surface area contributed by atoms with Gasteiger partial charge in [0.05, 0.1) is 5.97 Å². The molecular formula is C9H18O2S. The number of thiol groups is 1. The number of carbonyl (C=O) groups excluding carboxylic acids is 1. The molecule has 0 saturated heterocycles. The lowest BCUT2D eigenvalue weighted by atomic mass is 10.0. The van der Waals surface area contributed by atoms with Crippen molar-refractivity contribution in [3.63, 3.8) is 0 Å². The lowest BCUT2D eigenvalue weighted by Crippen LogP contribution is -2.47. The maximum Gasteiger partial charge on any atom is 0.162 e. The average Bonchev–Trinajstić information content (AvgIpc) is 2.01. The highest BCUT2D eigenvalue weighted by atomic mass is 32.2.